The predicted molar refractivity (Wildman–Crippen MR) is 90.4 cm³/mol. The average Bonchev–Trinajstić information content (AvgIpc) is 2.62. The minimum absolute atomic E-state index is 0.984. The Bertz CT molecular complexity index is 916. The van der Waals surface area contributed by atoms with Crippen LogP contribution in [-0.2, 0) is 0 Å². The molecule has 0 atom stereocenters. The van der Waals surface area contributed by atoms with Gasteiger partial charge in [0.15, 0.2) is 0 Å². The Kier molecular flexibility index (Phi) is 3.13. The van der Waals surface area contributed by atoms with Crippen LogP contribution in [0.5, 0.6) is 0 Å². The van der Waals surface area contributed by atoms with E-state index in [1.165, 1.54) is 0 Å². The molecule has 0 aliphatic heterocycles. The van der Waals surface area contributed by atoms with Crippen molar-refractivity contribution in [2.75, 3.05) is 0 Å². The molecule has 2 nitrogen and oxygen atoms in total. The van der Waals surface area contributed by atoms with Crippen LogP contribution in [-0.4, -0.2) is 9.97 Å². The zero-order chi connectivity index (χ0) is 14.8. The summed E-state index contributed by atoms with van der Waals surface area (Å²) in [6.07, 6.45) is 3.70. The molecule has 0 bridgehead atoms. The highest BCUT2D eigenvalue weighted by atomic mass is 14.7. The highest BCUT2D eigenvalue weighted by molar-refractivity contribution is 5.96. The first-order valence-electron chi connectivity index (χ1n) is 7.27. The molecule has 2 aromatic carbocycles. The Morgan fingerprint density at radius 3 is 2.27 bits per heavy atom. The number of hydrogen-bond acceptors (Lipinski definition) is 2. The van der Waals surface area contributed by atoms with Gasteiger partial charge in [0.1, 0.15) is 0 Å². The third kappa shape index (κ3) is 2.25. The predicted octanol–water partition coefficient (Wildman–Crippen LogP) is 4.96. The number of aromatic nitrogens is 2. The zero-order valence-electron chi connectivity index (χ0n) is 12.0. The SMILES string of the molecule is c1ccc(-c2cc(-c3cccnc3)c3ccccc3n2)cc1. The molecule has 0 saturated carbocycles. The van der Waals surface area contributed by atoms with E-state index in [1.54, 1.807) is 6.20 Å². The second-order valence-corrected chi connectivity index (χ2v) is 5.18. The molecule has 2 aromatic heterocycles. The summed E-state index contributed by atoms with van der Waals surface area (Å²) in [5.41, 5.74) is 5.38. The summed E-state index contributed by atoms with van der Waals surface area (Å²) in [5.74, 6) is 0. The molecule has 2 heteroatoms. The minimum atomic E-state index is 0.984. The molecule has 4 aromatic rings. The number of rotatable bonds is 2. The van der Waals surface area contributed by atoms with E-state index in [-0.39, 0.29) is 0 Å². The van der Waals surface area contributed by atoms with Gasteiger partial charge < -0.3 is 0 Å². The standard InChI is InChI=1S/C20H14N2/c1-2-7-15(8-3-1)20-13-18(16-9-6-12-21-14-16)17-10-4-5-11-19(17)22-20/h1-14H. The quantitative estimate of drug-likeness (QED) is 0.519. The van der Waals surface area contributed by atoms with Crippen molar-refractivity contribution in [2.45, 2.75) is 0 Å². The first kappa shape index (κ1) is 12.7. The van der Waals surface area contributed by atoms with Gasteiger partial charge in [-0.2, -0.15) is 0 Å². The normalized spacial score (nSPS) is 10.7. The zero-order valence-corrected chi connectivity index (χ0v) is 12.0. The number of para-hydroxylation sites is 1. The first-order valence-corrected chi connectivity index (χ1v) is 7.27. The number of fused-ring (bicyclic) bond motifs is 1. The highest BCUT2D eigenvalue weighted by Crippen LogP contribution is 2.31. The second-order valence-electron chi connectivity index (χ2n) is 5.18. The van der Waals surface area contributed by atoms with E-state index < -0.39 is 0 Å². The molecule has 2 heterocycles. The largest absolute Gasteiger partial charge is 0.264 e. The first-order chi connectivity index (χ1) is 10.9. The summed E-state index contributed by atoms with van der Waals surface area (Å²) in [6, 6.07) is 24.7. The van der Waals surface area contributed by atoms with Gasteiger partial charge in [-0.1, -0.05) is 54.6 Å². The maximum Gasteiger partial charge on any atom is 0.0715 e. The fourth-order valence-electron chi connectivity index (χ4n) is 2.69. The Morgan fingerprint density at radius 2 is 1.45 bits per heavy atom. The third-order valence-corrected chi connectivity index (χ3v) is 3.76. The lowest BCUT2D eigenvalue weighted by Gasteiger charge is -2.10. The molecule has 0 unspecified atom stereocenters. The van der Waals surface area contributed by atoms with E-state index in [2.05, 4.69) is 41.4 Å². The van der Waals surface area contributed by atoms with E-state index in [0.717, 1.165) is 33.3 Å². The van der Waals surface area contributed by atoms with Crippen LogP contribution in [0.1, 0.15) is 0 Å². The molecule has 0 spiro atoms. The van der Waals surface area contributed by atoms with Crippen molar-refractivity contribution in [1.82, 2.24) is 9.97 Å². The number of nitrogens with zero attached hydrogens (tertiary/aromatic N) is 2. The summed E-state index contributed by atoms with van der Waals surface area (Å²) in [4.78, 5) is 9.06. The molecule has 0 fully saturated rings. The molecule has 0 aliphatic rings. The summed E-state index contributed by atoms with van der Waals surface area (Å²) in [5, 5.41) is 1.15. The van der Waals surface area contributed by atoms with E-state index >= 15 is 0 Å². The van der Waals surface area contributed by atoms with Crippen molar-refractivity contribution < 1.29 is 0 Å². The fourth-order valence-corrected chi connectivity index (χ4v) is 2.69. The van der Waals surface area contributed by atoms with E-state index in [9.17, 15) is 0 Å². The summed E-state index contributed by atoms with van der Waals surface area (Å²) in [6.45, 7) is 0. The topological polar surface area (TPSA) is 25.8 Å². The lowest BCUT2D eigenvalue weighted by atomic mass is 9.99. The summed E-state index contributed by atoms with van der Waals surface area (Å²) >= 11 is 0. The van der Waals surface area contributed by atoms with E-state index in [0.29, 0.717) is 0 Å². The maximum atomic E-state index is 4.81. The van der Waals surface area contributed by atoms with Crippen LogP contribution in [0.3, 0.4) is 0 Å². The van der Waals surface area contributed by atoms with Crippen molar-refractivity contribution in [3.05, 3.63) is 85.2 Å². The lowest BCUT2D eigenvalue weighted by Crippen LogP contribution is -1.90. The molecule has 104 valence electrons. The van der Waals surface area contributed by atoms with Crippen LogP contribution in [0, 0.1) is 0 Å². The van der Waals surface area contributed by atoms with Gasteiger partial charge >= 0.3 is 0 Å². The van der Waals surface area contributed by atoms with Crippen molar-refractivity contribution >= 4 is 10.9 Å². The summed E-state index contributed by atoms with van der Waals surface area (Å²) in [7, 11) is 0. The van der Waals surface area contributed by atoms with Gasteiger partial charge in [-0.05, 0) is 23.8 Å². The van der Waals surface area contributed by atoms with Crippen LogP contribution in [0.2, 0.25) is 0 Å². The smallest absolute Gasteiger partial charge is 0.0715 e. The van der Waals surface area contributed by atoms with Gasteiger partial charge in [0.05, 0.1) is 11.2 Å². The van der Waals surface area contributed by atoms with Crippen molar-refractivity contribution in [3.8, 4) is 22.4 Å². The molecule has 0 radical (unpaired) electrons. The van der Waals surface area contributed by atoms with Gasteiger partial charge in [-0.3, -0.25) is 4.98 Å². The van der Waals surface area contributed by atoms with Crippen LogP contribution in [0.4, 0.5) is 0 Å². The van der Waals surface area contributed by atoms with Gasteiger partial charge in [0.25, 0.3) is 0 Å². The van der Waals surface area contributed by atoms with Gasteiger partial charge in [0.2, 0.25) is 0 Å². The number of benzene rings is 2. The molecular formula is C20H14N2. The molecular weight excluding hydrogens is 268 g/mol. The van der Waals surface area contributed by atoms with Crippen LogP contribution < -0.4 is 0 Å². The van der Waals surface area contributed by atoms with Crippen molar-refractivity contribution in [1.29, 1.82) is 0 Å². The van der Waals surface area contributed by atoms with E-state index in [1.807, 2.05) is 42.6 Å². The molecule has 0 N–H and O–H groups in total. The van der Waals surface area contributed by atoms with Gasteiger partial charge in [0, 0.05) is 28.9 Å². The molecule has 0 aliphatic carbocycles. The lowest BCUT2D eigenvalue weighted by molar-refractivity contribution is 1.33. The Balaban J connectivity index is 2.02. The van der Waals surface area contributed by atoms with Gasteiger partial charge in [-0.25, -0.2) is 4.98 Å². The number of hydrogen-bond donors (Lipinski definition) is 0. The maximum absolute atomic E-state index is 4.81. The second kappa shape index (κ2) is 5.41. The Morgan fingerprint density at radius 1 is 0.682 bits per heavy atom. The van der Waals surface area contributed by atoms with Crippen molar-refractivity contribution in [3.63, 3.8) is 0 Å². The Labute approximate surface area is 129 Å². The van der Waals surface area contributed by atoms with Crippen LogP contribution >= 0.6 is 0 Å². The number of pyridine rings is 2. The summed E-state index contributed by atoms with van der Waals surface area (Å²) < 4.78 is 0. The van der Waals surface area contributed by atoms with Crippen LogP contribution in [0.15, 0.2) is 85.2 Å². The monoisotopic (exact) mass is 282 g/mol. The van der Waals surface area contributed by atoms with Crippen LogP contribution in [0.25, 0.3) is 33.3 Å². The van der Waals surface area contributed by atoms with Gasteiger partial charge in [-0.15, -0.1) is 0 Å². The third-order valence-electron chi connectivity index (χ3n) is 3.76. The molecule has 0 saturated heterocycles. The molecule has 4 rings (SSSR count). The molecule has 22 heavy (non-hydrogen) atoms. The fraction of sp³-hybridized carbons (Fsp3) is 0. The van der Waals surface area contributed by atoms with E-state index in [4.69, 9.17) is 4.98 Å². The molecule has 0 amide bonds. The Hall–Kier alpha value is -3.00. The van der Waals surface area contributed by atoms with Crippen molar-refractivity contribution in [2.24, 2.45) is 0 Å². The average molecular weight is 282 g/mol. The minimum Gasteiger partial charge on any atom is -0.264 e. The highest BCUT2D eigenvalue weighted by Gasteiger charge is 2.09.